The molecule has 0 bridgehead atoms. The Bertz CT molecular complexity index is 679. The van der Waals surface area contributed by atoms with Gasteiger partial charge in [-0.05, 0) is 67.7 Å². The second kappa shape index (κ2) is 6.01. The topological polar surface area (TPSA) is 89.3 Å². The van der Waals surface area contributed by atoms with Gasteiger partial charge in [0.15, 0.2) is 0 Å². The number of carbonyl (C=O) groups excluding carboxylic acids is 1. The van der Waals surface area contributed by atoms with E-state index in [0.29, 0.717) is 18.4 Å². The van der Waals surface area contributed by atoms with Crippen LogP contribution in [0.3, 0.4) is 0 Å². The van der Waals surface area contributed by atoms with Gasteiger partial charge in [0, 0.05) is 11.6 Å². The highest BCUT2D eigenvalue weighted by molar-refractivity contribution is 7.89. The van der Waals surface area contributed by atoms with Crippen molar-refractivity contribution in [2.75, 3.05) is 5.75 Å². The number of primary sulfonamides is 1. The van der Waals surface area contributed by atoms with Crippen LogP contribution in [0.25, 0.3) is 0 Å². The summed E-state index contributed by atoms with van der Waals surface area (Å²) in [5.74, 6) is 0.0225. The third-order valence-electron chi connectivity index (χ3n) is 4.65. The van der Waals surface area contributed by atoms with E-state index in [1.165, 1.54) is 24.0 Å². The van der Waals surface area contributed by atoms with E-state index in [0.717, 1.165) is 12.8 Å². The van der Waals surface area contributed by atoms with Crippen molar-refractivity contribution in [2.45, 2.75) is 44.6 Å². The number of nitrogens with one attached hydrogen (secondary N) is 1. The first kappa shape index (κ1) is 15.5. The van der Waals surface area contributed by atoms with Gasteiger partial charge in [0.25, 0.3) is 5.91 Å². The highest BCUT2D eigenvalue weighted by atomic mass is 32.2. The van der Waals surface area contributed by atoms with Gasteiger partial charge in [0.2, 0.25) is 10.0 Å². The molecule has 1 aromatic rings. The number of hydrogen-bond donors (Lipinski definition) is 2. The fourth-order valence-corrected chi connectivity index (χ4v) is 4.39. The van der Waals surface area contributed by atoms with Crippen LogP contribution in [-0.2, 0) is 22.9 Å². The Morgan fingerprint density at radius 2 is 1.86 bits per heavy atom. The maximum Gasteiger partial charge on any atom is 0.251 e. The number of hydrogen-bond acceptors (Lipinski definition) is 3. The van der Waals surface area contributed by atoms with E-state index in [2.05, 4.69) is 11.4 Å². The molecule has 0 saturated heterocycles. The summed E-state index contributed by atoms with van der Waals surface area (Å²) >= 11 is 0. The number of amides is 1. The first-order chi connectivity index (χ1) is 10.4. The molecule has 0 radical (unpaired) electrons. The minimum Gasteiger partial charge on any atom is -0.349 e. The molecule has 1 aromatic carbocycles. The van der Waals surface area contributed by atoms with Gasteiger partial charge in [0.1, 0.15) is 0 Å². The second-order valence-electron chi connectivity index (χ2n) is 6.53. The van der Waals surface area contributed by atoms with E-state index >= 15 is 0 Å². The number of fused-ring (bicyclic) bond motifs is 1. The van der Waals surface area contributed by atoms with E-state index in [4.69, 9.17) is 5.14 Å². The summed E-state index contributed by atoms with van der Waals surface area (Å²) in [5.41, 5.74) is 3.36. The molecule has 1 fully saturated rings. The van der Waals surface area contributed by atoms with Crippen molar-refractivity contribution in [1.82, 2.24) is 5.32 Å². The summed E-state index contributed by atoms with van der Waals surface area (Å²) in [4.78, 5) is 12.3. The predicted octanol–water partition coefficient (Wildman–Crippen LogP) is 1.36. The minimum atomic E-state index is -3.41. The van der Waals surface area contributed by atoms with Crippen LogP contribution in [0.4, 0.5) is 0 Å². The molecule has 0 spiro atoms. The SMILES string of the molecule is NS(=O)(=O)CC1CC(NC(=O)c2ccc3c(c2)CCCC3)C1. The van der Waals surface area contributed by atoms with Crippen molar-refractivity contribution < 1.29 is 13.2 Å². The van der Waals surface area contributed by atoms with Crippen molar-refractivity contribution >= 4 is 15.9 Å². The van der Waals surface area contributed by atoms with Crippen molar-refractivity contribution in [3.05, 3.63) is 34.9 Å². The molecule has 0 aromatic heterocycles. The van der Waals surface area contributed by atoms with Crippen LogP contribution in [0.15, 0.2) is 18.2 Å². The average Bonchev–Trinajstić information content (AvgIpc) is 2.43. The predicted molar refractivity (Wildman–Crippen MR) is 85.0 cm³/mol. The zero-order chi connectivity index (χ0) is 15.7. The first-order valence-electron chi connectivity index (χ1n) is 7.84. The Kier molecular flexibility index (Phi) is 4.23. The molecule has 22 heavy (non-hydrogen) atoms. The largest absolute Gasteiger partial charge is 0.349 e. The van der Waals surface area contributed by atoms with Crippen molar-refractivity contribution in [1.29, 1.82) is 0 Å². The fraction of sp³-hybridized carbons (Fsp3) is 0.562. The summed E-state index contributed by atoms with van der Waals surface area (Å²) in [6.07, 6.45) is 5.95. The Balaban J connectivity index is 1.55. The third kappa shape index (κ3) is 3.67. The minimum absolute atomic E-state index is 0.0121. The molecule has 1 amide bonds. The normalized spacial score (nSPS) is 24.2. The van der Waals surface area contributed by atoms with Crippen LogP contribution < -0.4 is 10.5 Å². The standard InChI is InChI=1S/C16H22N2O3S/c17-22(20,21)10-11-7-15(8-11)18-16(19)14-6-5-12-3-1-2-4-13(12)9-14/h5-6,9,11,15H,1-4,7-8,10H2,(H,18,19)(H2,17,20,21). The maximum absolute atomic E-state index is 12.3. The Hall–Kier alpha value is -1.40. The summed E-state index contributed by atoms with van der Waals surface area (Å²) < 4.78 is 22.0. The van der Waals surface area contributed by atoms with Crippen LogP contribution in [0, 0.1) is 5.92 Å². The molecule has 6 heteroatoms. The maximum atomic E-state index is 12.3. The van der Waals surface area contributed by atoms with Crippen LogP contribution in [-0.4, -0.2) is 26.1 Å². The van der Waals surface area contributed by atoms with E-state index in [1.807, 2.05) is 12.1 Å². The Morgan fingerprint density at radius 1 is 1.18 bits per heavy atom. The zero-order valence-corrected chi connectivity index (χ0v) is 13.4. The zero-order valence-electron chi connectivity index (χ0n) is 12.5. The average molecular weight is 322 g/mol. The fourth-order valence-electron chi connectivity index (χ4n) is 3.46. The van der Waals surface area contributed by atoms with Crippen molar-refractivity contribution in [3.63, 3.8) is 0 Å². The van der Waals surface area contributed by atoms with Gasteiger partial charge in [0.05, 0.1) is 5.75 Å². The highest BCUT2D eigenvalue weighted by Gasteiger charge is 2.32. The molecule has 0 aliphatic heterocycles. The molecule has 120 valence electrons. The van der Waals surface area contributed by atoms with E-state index < -0.39 is 10.0 Å². The molecule has 2 aliphatic carbocycles. The van der Waals surface area contributed by atoms with E-state index in [-0.39, 0.29) is 23.6 Å². The molecular formula is C16H22N2O3S. The quantitative estimate of drug-likeness (QED) is 0.877. The molecule has 3 N–H and O–H groups in total. The summed E-state index contributed by atoms with van der Waals surface area (Å²) in [7, 11) is -3.41. The van der Waals surface area contributed by atoms with Crippen LogP contribution in [0.1, 0.15) is 47.2 Å². The van der Waals surface area contributed by atoms with E-state index in [9.17, 15) is 13.2 Å². The first-order valence-corrected chi connectivity index (χ1v) is 9.55. The number of benzene rings is 1. The van der Waals surface area contributed by atoms with Crippen molar-refractivity contribution in [2.24, 2.45) is 11.1 Å². The lowest BCUT2D eigenvalue weighted by Gasteiger charge is -2.35. The lowest BCUT2D eigenvalue weighted by molar-refractivity contribution is 0.0897. The number of carbonyl (C=O) groups is 1. The van der Waals surface area contributed by atoms with Gasteiger partial charge < -0.3 is 5.32 Å². The lowest BCUT2D eigenvalue weighted by atomic mass is 9.81. The van der Waals surface area contributed by atoms with Crippen LogP contribution in [0.2, 0.25) is 0 Å². The van der Waals surface area contributed by atoms with Crippen LogP contribution in [0.5, 0.6) is 0 Å². The van der Waals surface area contributed by atoms with Crippen LogP contribution >= 0.6 is 0 Å². The number of nitrogens with two attached hydrogens (primary N) is 1. The Labute approximate surface area is 131 Å². The molecule has 2 aliphatic rings. The molecule has 0 atom stereocenters. The third-order valence-corrected chi connectivity index (χ3v) is 5.59. The summed E-state index contributed by atoms with van der Waals surface area (Å²) in [6, 6.07) is 6.02. The van der Waals surface area contributed by atoms with Gasteiger partial charge in [-0.1, -0.05) is 6.07 Å². The number of rotatable bonds is 4. The second-order valence-corrected chi connectivity index (χ2v) is 8.19. The summed E-state index contributed by atoms with van der Waals surface area (Å²) in [5, 5.41) is 8.01. The van der Waals surface area contributed by atoms with Gasteiger partial charge in [-0.15, -0.1) is 0 Å². The number of sulfonamides is 1. The highest BCUT2D eigenvalue weighted by Crippen LogP contribution is 2.29. The molecule has 3 rings (SSSR count). The number of aryl methyl sites for hydroxylation is 2. The van der Waals surface area contributed by atoms with Gasteiger partial charge >= 0.3 is 0 Å². The Morgan fingerprint density at radius 3 is 2.55 bits per heavy atom. The van der Waals surface area contributed by atoms with Gasteiger partial charge in [-0.25, -0.2) is 13.6 Å². The molecule has 1 saturated carbocycles. The molecular weight excluding hydrogens is 300 g/mol. The monoisotopic (exact) mass is 322 g/mol. The van der Waals surface area contributed by atoms with Gasteiger partial charge in [-0.3, -0.25) is 4.79 Å². The molecule has 5 nitrogen and oxygen atoms in total. The smallest absolute Gasteiger partial charge is 0.251 e. The molecule has 0 unspecified atom stereocenters. The molecule has 0 heterocycles. The van der Waals surface area contributed by atoms with Gasteiger partial charge in [-0.2, -0.15) is 0 Å². The van der Waals surface area contributed by atoms with E-state index in [1.54, 1.807) is 0 Å². The van der Waals surface area contributed by atoms with Crippen molar-refractivity contribution in [3.8, 4) is 0 Å². The lowest BCUT2D eigenvalue weighted by Crippen LogP contribution is -2.46. The summed E-state index contributed by atoms with van der Waals surface area (Å²) in [6.45, 7) is 0.